The van der Waals surface area contributed by atoms with Crippen molar-refractivity contribution in [1.82, 2.24) is 19.5 Å². The number of rotatable bonds is 3. The van der Waals surface area contributed by atoms with Crippen molar-refractivity contribution in [3.05, 3.63) is 47.9 Å². The molecule has 0 saturated carbocycles. The molecule has 96 valence electrons. The Bertz CT molecular complexity index is 702. The van der Waals surface area contributed by atoms with Gasteiger partial charge in [0.05, 0.1) is 0 Å². The first-order valence-corrected chi connectivity index (χ1v) is 6.21. The van der Waals surface area contributed by atoms with Gasteiger partial charge in [0.1, 0.15) is 5.52 Å². The van der Waals surface area contributed by atoms with E-state index in [1.54, 1.807) is 6.20 Å². The van der Waals surface area contributed by atoms with Crippen LogP contribution in [0.1, 0.15) is 11.1 Å². The molecular formula is C14H15N5. The summed E-state index contributed by atoms with van der Waals surface area (Å²) in [4.78, 5) is 12.9. The smallest absolute Gasteiger partial charge is 0.202 e. The maximum atomic E-state index is 5.96. The molecule has 0 spiro atoms. The number of aryl methyl sites for hydroxylation is 3. The molecule has 5 heteroatoms. The third kappa shape index (κ3) is 2.27. The molecule has 0 saturated heterocycles. The van der Waals surface area contributed by atoms with Crippen LogP contribution in [-0.4, -0.2) is 19.5 Å². The normalized spacial score (nSPS) is 11.0. The van der Waals surface area contributed by atoms with Gasteiger partial charge in [-0.1, -0.05) is 6.07 Å². The van der Waals surface area contributed by atoms with E-state index in [1.807, 2.05) is 36.0 Å². The Morgan fingerprint density at radius 1 is 1.32 bits per heavy atom. The molecule has 3 aromatic rings. The Balaban J connectivity index is 1.90. The van der Waals surface area contributed by atoms with E-state index < -0.39 is 0 Å². The highest BCUT2D eigenvalue weighted by Crippen LogP contribution is 2.17. The zero-order chi connectivity index (χ0) is 13.2. The van der Waals surface area contributed by atoms with E-state index in [2.05, 4.69) is 21.0 Å². The molecule has 0 fully saturated rings. The molecule has 0 aliphatic carbocycles. The van der Waals surface area contributed by atoms with Crippen molar-refractivity contribution >= 4 is 17.1 Å². The highest BCUT2D eigenvalue weighted by atomic mass is 15.2. The van der Waals surface area contributed by atoms with Gasteiger partial charge in [-0.15, -0.1) is 0 Å². The molecule has 0 aliphatic rings. The van der Waals surface area contributed by atoms with Gasteiger partial charge in [0.25, 0.3) is 0 Å². The van der Waals surface area contributed by atoms with Gasteiger partial charge >= 0.3 is 0 Å². The first kappa shape index (κ1) is 11.6. The first-order chi connectivity index (χ1) is 9.24. The molecule has 0 bridgehead atoms. The summed E-state index contributed by atoms with van der Waals surface area (Å²) in [5.41, 5.74) is 9.92. The SMILES string of the molecule is Cc1cnc2c(c1)nc(N)n2CCc1cccnc1. The van der Waals surface area contributed by atoms with Gasteiger partial charge in [-0.05, 0) is 36.6 Å². The molecule has 0 atom stereocenters. The maximum Gasteiger partial charge on any atom is 0.202 e. The number of hydrogen-bond acceptors (Lipinski definition) is 4. The van der Waals surface area contributed by atoms with Crippen LogP contribution < -0.4 is 5.73 Å². The number of pyridine rings is 2. The fourth-order valence-corrected chi connectivity index (χ4v) is 2.14. The number of anilines is 1. The molecule has 3 heterocycles. The van der Waals surface area contributed by atoms with Crippen LogP contribution in [0.2, 0.25) is 0 Å². The molecule has 5 nitrogen and oxygen atoms in total. The summed E-state index contributed by atoms with van der Waals surface area (Å²) in [6.07, 6.45) is 6.34. The molecule has 0 aromatic carbocycles. The van der Waals surface area contributed by atoms with Crippen LogP contribution in [0.15, 0.2) is 36.8 Å². The van der Waals surface area contributed by atoms with Gasteiger partial charge in [-0.2, -0.15) is 0 Å². The highest BCUT2D eigenvalue weighted by molar-refractivity contribution is 5.74. The van der Waals surface area contributed by atoms with Crippen LogP contribution in [-0.2, 0) is 13.0 Å². The van der Waals surface area contributed by atoms with E-state index in [0.717, 1.165) is 29.7 Å². The summed E-state index contributed by atoms with van der Waals surface area (Å²) >= 11 is 0. The lowest BCUT2D eigenvalue weighted by atomic mass is 10.2. The van der Waals surface area contributed by atoms with Crippen LogP contribution in [0, 0.1) is 6.92 Å². The lowest BCUT2D eigenvalue weighted by molar-refractivity contribution is 0.718. The second kappa shape index (κ2) is 4.68. The van der Waals surface area contributed by atoms with E-state index >= 15 is 0 Å². The van der Waals surface area contributed by atoms with E-state index in [-0.39, 0.29) is 0 Å². The van der Waals surface area contributed by atoms with Crippen molar-refractivity contribution < 1.29 is 0 Å². The number of hydrogen-bond donors (Lipinski definition) is 1. The Kier molecular flexibility index (Phi) is 2.87. The van der Waals surface area contributed by atoms with Crippen LogP contribution in [0.5, 0.6) is 0 Å². The van der Waals surface area contributed by atoms with Gasteiger partial charge in [0, 0.05) is 25.1 Å². The van der Waals surface area contributed by atoms with Gasteiger partial charge in [0.15, 0.2) is 5.65 Å². The summed E-state index contributed by atoms with van der Waals surface area (Å²) in [5, 5.41) is 0. The summed E-state index contributed by atoms with van der Waals surface area (Å²) in [6, 6.07) is 5.99. The van der Waals surface area contributed by atoms with Crippen LogP contribution in [0.25, 0.3) is 11.2 Å². The van der Waals surface area contributed by atoms with Crippen LogP contribution in [0.4, 0.5) is 5.95 Å². The average molecular weight is 253 g/mol. The van der Waals surface area contributed by atoms with Crippen molar-refractivity contribution in [1.29, 1.82) is 0 Å². The second-order valence-corrected chi connectivity index (χ2v) is 4.59. The third-order valence-corrected chi connectivity index (χ3v) is 3.10. The molecule has 0 amide bonds. The van der Waals surface area contributed by atoms with Crippen LogP contribution in [0.3, 0.4) is 0 Å². The molecular weight excluding hydrogens is 238 g/mol. The third-order valence-electron chi connectivity index (χ3n) is 3.10. The van der Waals surface area contributed by atoms with Gasteiger partial charge in [0.2, 0.25) is 5.95 Å². The maximum absolute atomic E-state index is 5.96. The van der Waals surface area contributed by atoms with Crippen molar-refractivity contribution in [2.45, 2.75) is 19.9 Å². The van der Waals surface area contributed by atoms with E-state index in [4.69, 9.17) is 5.73 Å². The number of imidazole rings is 1. The second-order valence-electron chi connectivity index (χ2n) is 4.59. The number of nitrogens with zero attached hydrogens (tertiary/aromatic N) is 4. The average Bonchev–Trinajstić information content (AvgIpc) is 2.72. The number of nitrogens with two attached hydrogens (primary N) is 1. The lowest BCUT2D eigenvalue weighted by Crippen LogP contribution is -2.06. The molecule has 3 rings (SSSR count). The zero-order valence-electron chi connectivity index (χ0n) is 10.7. The van der Waals surface area contributed by atoms with Crippen molar-refractivity contribution in [3.8, 4) is 0 Å². The molecule has 19 heavy (non-hydrogen) atoms. The Labute approximate surface area is 111 Å². The summed E-state index contributed by atoms with van der Waals surface area (Å²) in [6.45, 7) is 2.75. The minimum absolute atomic E-state index is 0.511. The quantitative estimate of drug-likeness (QED) is 0.774. The van der Waals surface area contributed by atoms with Gasteiger partial charge < -0.3 is 5.73 Å². The Morgan fingerprint density at radius 3 is 3.00 bits per heavy atom. The van der Waals surface area contributed by atoms with Crippen LogP contribution >= 0.6 is 0 Å². The summed E-state index contributed by atoms with van der Waals surface area (Å²) in [5.74, 6) is 0.511. The first-order valence-electron chi connectivity index (χ1n) is 6.21. The summed E-state index contributed by atoms with van der Waals surface area (Å²) < 4.78 is 1.95. The fraction of sp³-hybridized carbons (Fsp3) is 0.214. The minimum Gasteiger partial charge on any atom is -0.369 e. The Morgan fingerprint density at radius 2 is 2.21 bits per heavy atom. The number of nitrogen functional groups attached to an aromatic ring is 1. The molecule has 0 unspecified atom stereocenters. The molecule has 2 N–H and O–H groups in total. The van der Waals surface area contributed by atoms with E-state index in [9.17, 15) is 0 Å². The largest absolute Gasteiger partial charge is 0.369 e. The zero-order valence-corrected chi connectivity index (χ0v) is 10.7. The minimum atomic E-state index is 0.511. The van der Waals surface area contributed by atoms with Gasteiger partial charge in [-0.25, -0.2) is 9.97 Å². The molecule has 3 aromatic heterocycles. The predicted octanol–water partition coefficient (Wildman–Crippen LogP) is 1.96. The Hall–Kier alpha value is -2.43. The predicted molar refractivity (Wildman–Crippen MR) is 74.6 cm³/mol. The van der Waals surface area contributed by atoms with Gasteiger partial charge in [-0.3, -0.25) is 9.55 Å². The lowest BCUT2D eigenvalue weighted by Gasteiger charge is -2.05. The number of fused-ring (bicyclic) bond motifs is 1. The van der Waals surface area contributed by atoms with Crippen molar-refractivity contribution in [2.75, 3.05) is 5.73 Å². The van der Waals surface area contributed by atoms with Crippen molar-refractivity contribution in [3.63, 3.8) is 0 Å². The monoisotopic (exact) mass is 253 g/mol. The molecule has 0 aliphatic heterocycles. The fourth-order valence-electron chi connectivity index (χ4n) is 2.14. The van der Waals surface area contributed by atoms with Crippen molar-refractivity contribution in [2.24, 2.45) is 0 Å². The molecule has 0 radical (unpaired) electrons. The number of aromatic nitrogens is 4. The standard InChI is InChI=1S/C14H15N5/c1-10-7-12-13(17-8-10)19(14(15)18-12)6-4-11-3-2-5-16-9-11/h2-3,5,7-9H,4,6H2,1H3,(H2,15,18). The topological polar surface area (TPSA) is 69.6 Å². The van der Waals surface area contributed by atoms with E-state index in [0.29, 0.717) is 5.95 Å². The summed E-state index contributed by atoms with van der Waals surface area (Å²) in [7, 11) is 0. The highest BCUT2D eigenvalue weighted by Gasteiger charge is 2.09. The van der Waals surface area contributed by atoms with E-state index in [1.165, 1.54) is 5.56 Å².